The van der Waals surface area contributed by atoms with Crippen LogP contribution in [-0.2, 0) is 37.5 Å². The molecule has 2 aliphatic rings. The molecule has 2 heterocycles. The van der Waals surface area contributed by atoms with Gasteiger partial charge in [0.2, 0.25) is 5.91 Å². The van der Waals surface area contributed by atoms with Gasteiger partial charge in [0, 0.05) is 65.9 Å². The van der Waals surface area contributed by atoms with E-state index in [1.54, 1.807) is 7.05 Å². The van der Waals surface area contributed by atoms with E-state index in [-0.39, 0.29) is 38.6 Å². The zero-order valence-corrected chi connectivity index (χ0v) is 14.0. The van der Waals surface area contributed by atoms with E-state index in [9.17, 15) is 4.79 Å². The van der Waals surface area contributed by atoms with Crippen LogP contribution in [0, 0.1) is 7.05 Å². The van der Waals surface area contributed by atoms with Crippen LogP contribution in [0.3, 0.4) is 0 Å². The first-order chi connectivity index (χ1) is 8.22. The Morgan fingerprint density at radius 1 is 1.50 bits per heavy atom. The van der Waals surface area contributed by atoms with E-state index in [2.05, 4.69) is 28.5 Å². The van der Waals surface area contributed by atoms with Crippen molar-refractivity contribution in [3.8, 4) is 0 Å². The van der Waals surface area contributed by atoms with E-state index in [4.69, 9.17) is 0 Å². The van der Waals surface area contributed by atoms with Gasteiger partial charge >= 0.3 is 0 Å². The maximum absolute atomic E-state index is 10.9. The fourth-order valence-corrected chi connectivity index (χ4v) is 1.67. The third kappa shape index (κ3) is 8.30. The second-order valence-electron chi connectivity index (χ2n) is 4.22. The van der Waals surface area contributed by atoms with Crippen LogP contribution in [-0.4, -0.2) is 61.8 Å². The van der Waals surface area contributed by atoms with Gasteiger partial charge in [-0.2, -0.15) is 6.42 Å². The molecule has 1 radical (unpaired) electrons. The molecule has 1 saturated heterocycles. The van der Waals surface area contributed by atoms with E-state index in [1.807, 2.05) is 4.90 Å². The van der Waals surface area contributed by atoms with Gasteiger partial charge in [-0.15, -0.1) is 0 Å². The zero-order chi connectivity index (χ0) is 12.5. The number of hydrogen-bond acceptors (Lipinski definition) is 4. The molecule has 1 amide bonds. The summed E-state index contributed by atoms with van der Waals surface area (Å²) < 4.78 is 0. The van der Waals surface area contributed by atoms with Crippen molar-refractivity contribution in [2.45, 2.75) is 19.3 Å². The molecule has 0 bridgehead atoms. The summed E-state index contributed by atoms with van der Waals surface area (Å²) in [6.45, 7) is 4.77. The topological polar surface area (TPSA) is 47.9 Å². The Morgan fingerprint density at radius 2 is 2.28 bits per heavy atom. The van der Waals surface area contributed by atoms with E-state index >= 15 is 0 Å². The normalized spacial score (nSPS) is 19.0. The molecule has 0 aromatic carbocycles. The average Bonchev–Trinajstić information content (AvgIpc) is 2.99. The van der Waals surface area contributed by atoms with Gasteiger partial charge in [0.1, 0.15) is 0 Å². The van der Waals surface area contributed by atoms with Gasteiger partial charge in [-0.3, -0.25) is 16.7 Å². The van der Waals surface area contributed by atoms with Crippen LogP contribution in [0.2, 0.25) is 0 Å². The molecule has 0 atom stereocenters. The molecule has 5 nitrogen and oxygen atoms in total. The largest absolute Gasteiger partial charge is 0.503 e. The summed E-state index contributed by atoms with van der Waals surface area (Å²) in [4.78, 5) is 18.9. The second-order valence-corrected chi connectivity index (χ2v) is 4.22. The second kappa shape index (κ2) is 11.0. The van der Waals surface area contributed by atoms with Crippen LogP contribution >= 0.6 is 0 Å². The predicted octanol–water partition coefficient (Wildman–Crippen LogP) is 0.215. The van der Waals surface area contributed by atoms with Crippen molar-refractivity contribution in [3.63, 3.8) is 0 Å². The van der Waals surface area contributed by atoms with Crippen molar-refractivity contribution in [2.24, 2.45) is 4.99 Å². The molecule has 2 aliphatic heterocycles. The molecule has 0 aromatic rings. The third-order valence-electron chi connectivity index (χ3n) is 2.74. The molecule has 0 saturated carbocycles. The Kier molecular flexibility index (Phi) is 11.1. The van der Waals surface area contributed by atoms with Gasteiger partial charge < -0.3 is 21.4 Å². The maximum atomic E-state index is 10.9. The smallest absolute Gasteiger partial charge is 0.221 e. The molecular formula is C12H22N4OY-2. The Morgan fingerprint density at radius 3 is 2.67 bits per heavy atom. The van der Waals surface area contributed by atoms with Crippen LogP contribution in [0.15, 0.2) is 4.99 Å². The van der Waals surface area contributed by atoms with E-state index in [0.29, 0.717) is 6.42 Å². The summed E-state index contributed by atoms with van der Waals surface area (Å²) in [7, 11) is 5.49. The molecule has 0 aromatic heterocycles. The fourth-order valence-electron chi connectivity index (χ4n) is 1.67. The van der Waals surface area contributed by atoms with E-state index < -0.39 is 0 Å². The van der Waals surface area contributed by atoms with Crippen LogP contribution < -0.4 is 5.32 Å². The summed E-state index contributed by atoms with van der Waals surface area (Å²) in [5.74, 6) is 0.109. The Labute approximate surface area is 135 Å². The summed E-state index contributed by atoms with van der Waals surface area (Å²) >= 11 is 0. The first kappa shape index (κ1) is 18.2. The molecule has 0 aliphatic carbocycles. The van der Waals surface area contributed by atoms with E-state index in [0.717, 1.165) is 39.3 Å². The molecule has 1 N–H and O–H groups in total. The molecule has 2 rings (SSSR count). The first-order valence-corrected chi connectivity index (χ1v) is 6.10. The number of hydrogen-bond donors (Lipinski definition) is 1. The minimum Gasteiger partial charge on any atom is -0.503 e. The van der Waals surface area contributed by atoms with Crippen LogP contribution in [0.4, 0.5) is 0 Å². The third-order valence-corrected chi connectivity index (χ3v) is 2.74. The van der Waals surface area contributed by atoms with Gasteiger partial charge in [0.25, 0.3) is 0 Å². The summed E-state index contributed by atoms with van der Waals surface area (Å²) in [5.41, 5.74) is 0. The van der Waals surface area contributed by atoms with Gasteiger partial charge in [-0.1, -0.05) is 6.42 Å². The fraction of sp³-hybridized carbons (Fsp3) is 0.750. The minimum absolute atomic E-state index is 0. The molecule has 101 valence electrons. The number of nitrogens with zero attached hydrogens (tertiary/aromatic N) is 3. The Hall–Kier alpha value is 0.164. The van der Waals surface area contributed by atoms with Crippen LogP contribution in [0.1, 0.15) is 19.3 Å². The molecule has 18 heavy (non-hydrogen) atoms. The van der Waals surface area contributed by atoms with Gasteiger partial charge in [0.15, 0.2) is 0 Å². The van der Waals surface area contributed by atoms with Crippen molar-refractivity contribution in [2.75, 3.05) is 39.9 Å². The average molecular weight is 327 g/mol. The summed E-state index contributed by atoms with van der Waals surface area (Å²) in [5, 5.41) is 2.61. The molecule has 6 heteroatoms. The molecule has 0 unspecified atom stereocenters. The maximum Gasteiger partial charge on any atom is 0.221 e. The van der Waals surface area contributed by atoms with Gasteiger partial charge in [-0.25, -0.2) is 0 Å². The van der Waals surface area contributed by atoms with Gasteiger partial charge in [-0.05, 0) is 13.1 Å². The quantitative estimate of drug-likeness (QED) is 0.754. The van der Waals surface area contributed by atoms with Crippen molar-refractivity contribution in [1.29, 1.82) is 0 Å². The monoisotopic (exact) mass is 327 g/mol. The number of aliphatic imine (C=N–C) groups is 1. The summed E-state index contributed by atoms with van der Waals surface area (Å²) in [6.07, 6.45) is 5.74. The standard InChI is InChI=1S/C8H16N3O.C4H6N.Y/c1-9-8(12)3-4-11-6-5-10(2)7-11;1-2-4-5-3-1;/h2-7H2,1H3,(H,9,12);1-3H2;/q2*-1;. The Balaban J connectivity index is 0.000000405. The zero-order valence-electron chi connectivity index (χ0n) is 11.2. The SMILES string of the molecule is [C-]1=NCCC1.[CH2-]N1CCN(CCC(=O)NC)C1.[Y]. The van der Waals surface area contributed by atoms with Crippen molar-refractivity contribution in [1.82, 2.24) is 15.1 Å². The Bertz CT molecular complexity index is 254. The molecule has 1 fully saturated rings. The summed E-state index contributed by atoms with van der Waals surface area (Å²) in [6, 6.07) is 0. The predicted molar refractivity (Wildman–Crippen MR) is 68.7 cm³/mol. The van der Waals surface area contributed by atoms with Crippen LogP contribution in [0.25, 0.3) is 0 Å². The van der Waals surface area contributed by atoms with E-state index in [1.165, 1.54) is 6.42 Å². The van der Waals surface area contributed by atoms with Gasteiger partial charge in [0.05, 0.1) is 0 Å². The minimum atomic E-state index is 0. The molecule has 0 spiro atoms. The first-order valence-electron chi connectivity index (χ1n) is 6.10. The number of carbonyl (C=O) groups excluding carboxylic acids is 1. The van der Waals surface area contributed by atoms with Crippen LogP contribution in [0.5, 0.6) is 0 Å². The number of rotatable bonds is 3. The van der Waals surface area contributed by atoms with Crippen molar-refractivity contribution >= 4 is 12.1 Å². The molecular weight excluding hydrogens is 305 g/mol. The number of amides is 1. The number of nitrogens with one attached hydrogen (secondary N) is 1. The van der Waals surface area contributed by atoms with Crippen molar-refractivity contribution in [3.05, 3.63) is 7.05 Å². The van der Waals surface area contributed by atoms with Crippen molar-refractivity contribution < 1.29 is 37.5 Å². The number of carbonyl (C=O) groups is 1.